The number of benzene rings is 1. The lowest BCUT2D eigenvalue weighted by Gasteiger charge is -2.07. The van der Waals surface area contributed by atoms with E-state index in [-0.39, 0.29) is 17.0 Å². The SMILES string of the molecule is N#CC(Cc1c(F)cccc1Cl)C(=O)O. The summed E-state index contributed by atoms with van der Waals surface area (Å²) in [5, 5.41) is 17.3. The van der Waals surface area contributed by atoms with Gasteiger partial charge in [-0.2, -0.15) is 5.26 Å². The second kappa shape index (κ2) is 4.76. The van der Waals surface area contributed by atoms with Crippen molar-refractivity contribution in [2.75, 3.05) is 0 Å². The lowest BCUT2D eigenvalue weighted by Crippen LogP contribution is -2.15. The number of halogens is 2. The molecule has 0 saturated carbocycles. The molecular weight excluding hydrogens is 221 g/mol. The van der Waals surface area contributed by atoms with Crippen LogP contribution in [0.2, 0.25) is 5.02 Å². The molecule has 0 aliphatic carbocycles. The number of nitriles is 1. The average Bonchev–Trinajstić information content (AvgIpc) is 2.17. The lowest BCUT2D eigenvalue weighted by atomic mass is 10.0. The normalized spacial score (nSPS) is 11.8. The van der Waals surface area contributed by atoms with Gasteiger partial charge in [0.15, 0.2) is 0 Å². The zero-order valence-corrected chi connectivity index (χ0v) is 8.33. The summed E-state index contributed by atoms with van der Waals surface area (Å²) in [4.78, 5) is 10.6. The monoisotopic (exact) mass is 227 g/mol. The Morgan fingerprint density at radius 3 is 2.80 bits per heavy atom. The van der Waals surface area contributed by atoms with Crippen LogP contribution >= 0.6 is 11.6 Å². The van der Waals surface area contributed by atoms with Gasteiger partial charge in [0.05, 0.1) is 6.07 Å². The van der Waals surface area contributed by atoms with E-state index in [4.69, 9.17) is 22.0 Å². The van der Waals surface area contributed by atoms with Crippen molar-refractivity contribution in [3.63, 3.8) is 0 Å². The van der Waals surface area contributed by atoms with Crippen molar-refractivity contribution in [3.8, 4) is 6.07 Å². The minimum absolute atomic E-state index is 0.0631. The zero-order chi connectivity index (χ0) is 11.4. The van der Waals surface area contributed by atoms with Gasteiger partial charge in [0.25, 0.3) is 0 Å². The molecule has 1 aromatic rings. The number of hydrogen-bond donors (Lipinski definition) is 1. The van der Waals surface area contributed by atoms with Crippen LogP contribution in [0.1, 0.15) is 5.56 Å². The standard InChI is InChI=1S/C10H7ClFNO2/c11-8-2-1-3-9(12)7(8)4-6(5-13)10(14)15/h1-3,6H,4H2,(H,14,15). The molecule has 0 spiro atoms. The molecular formula is C10H7ClFNO2. The van der Waals surface area contributed by atoms with Crippen LogP contribution in [-0.2, 0) is 11.2 Å². The first kappa shape index (κ1) is 11.5. The third-order valence-electron chi connectivity index (χ3n) is 1.92. The molecule has 1 aromatic carbocycles. The van der Waals surface area contributed by atoms with Crippen LogP contribution in [0.3, 0.4) is 0 Å². The maximum atomic E-state index is 13.2. The number of hydrogen-bond acceptors (Lipinski definition) is 2. The van der Waals surface area contributed by atoms with Crippen LogP contribution in [0.15, 0.2) is 18.2 Å². The first-order chi connectivity index (χ1) is 7.06. The summed E-state index contributed by atoms with van der Waals surface area (Å²) < 4.78 is 13.2. The summed E-state index contributed by atoms with van der Waals surface area (Å²) in [6.07, 6.45) is -0.225. The molecule has 0 saturated heterocycles. The van der Waals surface area contributed by atoms with E-state index in [9.17, 15) is 9.18 Å². The van der Waals surface area contributed by atoms with Gasteiger partial charge in [0.2, 0.25) is 0 Å². The Labute approximate surface area is 90.7 Å². The number of carboxylic acids is 1. The quantitative estimate of drug-likeness (QED) is 0.862. The number of nitrogens with zero attached hydrogens (tertiary/aromatic N) is 1. The first-order valence-electron chi connectivity index (χ1n) is 4.11. The van der Waals surface area contributed by atoms with Crippen molar-refractivity contribution < 1.29 is 14.3 Å². The van der Waals surface area contributed by atoms with Crippen molar-refractivity contribution in [1.82, 2.24) is 0 Å². The molecule has 1 rings (SSSR count). The van der Waals surface area contributed by atoms with Gasteiger partial charge >= 0.3 is 5.97 Å². The molecule has 5 heteroatoms. The number of carboxylic acid groups (broad SMARTS) is 1. The largest absolute Gasteiger partial charge is 0.480 e. The van der Waals surface area contributed by atoms with E-state index in [1.165, 1.54) is 18.2 Å². The van der Waals surface area contributed by atoms with Gasteiger partial charge in [0.1, 0.15) is 11.7 Å². The molecule has 0 radical (unpaired) electrons. The summed E-state index contributed by atoms with van der Waals surface area (Å²) in [6, 6.07) is 5.63. The van der Waals surface area contributed by atoms with E-state index in [1.807, 2.05) is 0 Å². The molecule has 78 valence electrons. The molecule has 1 atom stereocenters. The van der Waals surface area contributed by atoms with Gasteiger partial charge in [-0.05, 0) is 12.1 Å². The Balaban J connectivity index is 2.99. The highest BCUT2D eigenvalue weighted by molar-refractivity contribution is 6.31. The summed E-state index contributed by atoms with van der Waals surface area (Å²) in [5.74, 6) is -3.15. The van der Waals surface area contributed by atoms with Crippen LogP contribution in [0, 0.1) is 23.1 Å². The second-order valence-corrected chi connectivity index (χ2v) is 3.33. The third-order valence-corrected chi connectivity index (χ3v) is 2.28. The number of rotatable bonds is 3. The fourth-order valence-corrected chi connectivity index (χ4v) is 1.36. The van der Waals surface area contributed by atoms with Gasteiger partial charge in [-0.3, -0.25) is 4.79 Å². The fraction of sp³-hybridized carbons (Fsp3) is 0.200. The Morgan fingerprint density at radius 2 is 2.33 bits per heavy atom. The van der Waals surface area contributed by atoms with Crippen LogP contribution in [0.4, 0.5) is 4.39 Å². The third kappa shape index (κ3) is 2.67. The van der Waals surface area contributed by atoms with Gasteiger partial charge in [-0.1, -0.05) is 17.7 Å². The molecule has 0 aromatic heterocycles. The summed E-state index contributed by atoms with van der Waals surface area (Å²) in [6.45, 7) is 0. The Kier molecular flexibility index (Phi) is 3.64. The highest BCUT2D eigenvalue weighted by atomic mass is 35.5. The maximum absolute atomic E-state index is 13.2. The average molecular weight is 228 g/mol. The minimum Gasteiger partial charge on any atom is -0.480 e. The van der Waals surface area contributed by atoms with Crippen molar-refractivity contribution in [1.29, 1.82) is 5.26 Å². The van der Waals surface area contributed by atoms with Gasteiger partial charge in [-0.15, -0.1) is 0 Å². The molecule has 15 heavy (non-hydrogen) atoms. The molecule has 3 nitrogen and oxygen atoms in total. The number of carbonyl (C=O) groups is 1. The van der Waals surface area contributed by atoms with Gasteiger partial charge in [0, 0.05) is 17.0 Å². The van der Waals surface area contributed by atoms with E-state index < -0.39 is 17.7 Å². The van der Waals surface area contributed by atoms with Crippen molar-refractivity contribution >= 4 is 17.6 Å². The molecule has 0 aliphatic rings. The highest BCUT2D eigenvalue weighted by Gasteiger charge is 2.20. The summed E-state index contributed by atoms with van der Waals surface area (Å²) >= 11 is 5.69. The van der Waals surface area contributed by atoms with Crippen LogP contribution < -0.4 is 0 Å². The highest BCUT2D eigenvalue weighted by Crippen LogP contribution is 2.22. The van der Waals surface area contributed by atoms with Crippen molar-refractivity contribution in [2.45, 2.75) is 6.42 Å². The van der Waals surface area contributed by atoms with E-state index in [2.05, 4.69) is 0 Å². The van der Waals surface area contributed by atoms with Gasteiger partial charge < -0.3 is 5.11 Å². The Hall–Kier alpha value is -1.60. The summed E-state index contributed by atoms with van der Waals surface area (Å²) in [7, 11) is 0. The Bertz CT molecular complexity index is 408. The lowest BCUT2D eigenvalue weighted by molar-refractivity contribution is -0.139. The predicted octanol–water partition coefficient (Wildman–Crippen LogP) is 2.25. The minimum atomic E-state index is -1.28. The molecule has 1 N–H and O–H groups in total. The van der Waals surface area contributed by atoms with E-state index in [0.717, 1.165) is 0 Å². The molecule has 0 fully saturated rings. The maximum Gasteiger partial charge on any atom is 0.321 e. The second-order valence-electron chi connectivity index (χ2n) is 2.92. The van der Waals surface area contributed by atoms with Crippen molar-refractivity contribution in [3.05, 3.63) is 34.6 Å². The van der Waals surface area contributed by atoms with Crippen LogP contribution in [-0.4, -0.2) is 11.1 Å². The first-order valence-corrected chi connectivity index (χ1v) is 4.49. The smallest absolute Gasteiger partial charge is 0.321 e. The van der Waals surface area contributed by atoms with E-state index in [1.54, 1.807) is 6.07 Å². The van der Waals surface area contributed by atoms with Crippen LogP contribution in [0.5, 0.6) is 0 Å². The molecule has 0 aliphatic heterocycles. The molecule has 0 bridgehead atoms. The number of aliphatic carboxylic acids is 1. The fourth-order valence-electron chi connectivity index (χ4n) is 1.12. The zero-order valence-electron chi connectivity index (χ0n) is 7.58. The molecule has 0 heterocycles. The topological polar surface area (TPSA) is 61.1 Å². The van der Waals surface area contributed by atoms with Crippen molar-refractivity contribution in [2.24, 2.45) is 5.92 Å². The summed E-state index contributed by atoms with van der Waals surface area (Å²) in [5.41, 5.74) is 0.0631. The van der Waals surface area contributed by atoms with Crippen LogP contribution in [0.25, 0.3) is 0 Å². The molecule has 1 unspecified atom stereocenters. The Morgan fingerprint density at radius 1 is 1.67 bits per heavy atom. The van der Waals surface area contributed by atoms with Gasteiger partial charge in [-0.25, -0.2) is 4.39 Å². The molecule has 0 amide bonds. The predicted molar refractivity (Wildman–Crippen MR) is 51.9 cm³/mol. The van der Waals surface area contributed by atoms with E-state index in [0.29, 0.717) is 0 Å². The van der Waals surface area contributed by atoms with E-state index >= 15 is 0 Å².